The minimum atomic E-state index is -3.72. The van der Waals surface area contributed by atoms with Crippen molar-refractivity contribution in [2.24, 2.45) is 5.92 Å². The minimum absolute atomic E-state index is 0.0240. The van der Waals surface area contributed by atoms with Crippen LogP contribution in [0.2, 0.25) is 5.02 Å². The summed E-state index contributed by atoms with van der Waals surface area (Å²) in [6, 6.07) is 11.9. The van der Waals surface area contributed by atoms with Gasteiger partial charge in [0.2, 0.25) is 15.9 Å². The van der Waals surface area contributed by atoms with Crippen molar-refractivity contribution in [2.75, 3.05) is 26.7 Å². The van der Waals surface area contributed by atoms with Gasteiger partial charge in [0, 0.05) is 36.1 Å². The van der Waals surface area contributed by atoms with Crippen LogP contribution < -0.4 is 10.1 Å². The van der Waals surface area contributed by atoms with Gasteiger partial charge < -0.3 is 10.1 Å². The quantitative estimate of drug-likeness (QED) is 0.552. The van der Waals surface area contributed by atoms with Gasteiger partial charge in [-0.25, -0.2) is 17.1 Å². The van der Waals surface area contributed by atoms with Crippen molar-refractivity contribution < 1.29 is 22.3 Å². The molecule has 0 radical (unpaired) electrons. The van der Waals surface area contributed by atoms with E-state index in [0.717, 1.165) is 24.2 Å². The molecule has 1 heterocycles. The normalized spacial score (nSPS) is 15.5. The maximum atomic E-state index is 14.0. The largest absolute Gasteiger partial charge is 0.496 e. The standard InChI is InChI=1S/C23H28ClFN2O4S/c1-31-22-10-3-2-6-17(22)7-5-13-26-23(28)18-11-14-27(15-12-18)32(29,30)16-19-20(24)8-4-9-21(19)25/h2-4,6,8-10,18H,5,7,11-16H2,1H3,(H,26,28). The van der Waals surface area contributed by atoms with E-state index >= 15 is 0 Å². The Bertz CT molecular complexity index is 1020. The summed E-state index contributed by atoms with van der Waals surface area (Å²) in [7, 11) is -2.09. The number of halogens is 2. The highest BCUT2D eigenvalue weighted by Crippen LogP contribution is 2.26. The third kappa shape index (κ3) is 6.21. The lowest BCUT2D eigenvalue weighted by Crippen LogP contribution is -2.43. The Hall–Kier alpha value is -2.16. The van der Waals surface area contributed by atoms with Gasteiger partial charge in [-0.05, 0) is 49.4 Å². The Kier molecular flexibility index (Phi) is 8.51. The van der Waals surface area contributed by atoms with Gasteiger partial charge in [-0.2, -0.15) is 0 Å². The second kappa shape index (κ2) is 11.1. The number of carbonyl (C=O) groups is 1. The van der Waals surface area contributed by atoms with Crippen molar-refractivity contribution in [3.05, 3.63) is 64.4 Å². The molecule has 1 amide bonds. The first kappa shape index (κ1) is 24.5. The van der Waals surface area contributed by atoms with E-state index in [4.69, 9.17) is 16.3 Å². The number of ether oxygens (including phenoxy) is 1. The zero-order valence-corrected chi connectivity index (χ0v) is 19.6. The topological polar surface area (TPSA) is 75.7 Å². The maximum absolute atomic E-state index is 14.0. The number of para-hydroxylation sites is 1. The van der Waals surface area contributed by atoms with Crippen LogP contribution in [0.3, 0.4) is 0 Å². The predicted molar refractivity (Wildman–Crippen MR) is 123 cm³/mol. The number of carbonyl (C=O) groups excluding carboxylic acids is 1. The van der Waals surface area contributed by atoms with E-state index in [1.165, 1.54) is 22.5 Å². The number of nitrogens with zero attached hydrogens (tertiary/aromatic N) is 1. The van der Waals surface area contributed by atoms with Crippen LogP contribution in [0.25, 0.3) is 0 Å². The highest BCUT2D eigenvalue weighted by molar-refractivity contribution is 7.88. The van der Waals surface area contributed by atoms with Crippen molar-refractivity contribution in [2.45, 2.75) is 31.4 Å². The van der Waals surface area contributed by atoms with Crippen LogP contribution in [0.5, 0.6) is 5.75 Å². The summed E-state index contributed by atoms with van der Waals surface area (Å²) in [5.41, 5.74) is 1.07. The summed E-state index contributed by atoms with van der Waals surface area (Å²) in [5, 5.41) is 3.05. The highest BCUT2D eigenvalue weighted by Gasteiger charge is 2.32. The molecule has 0 spiro atoms. The zero-order valence-electron chi connectivity index (χ0n) is 18.0. The molecule has 0 bridgehead atoms. The van der Waals surface area contributed by atoms with E-state index in [1.807, 2.05) is 24.3 Å². The second-order valence-corrected chi connectivity index (χ2v) is 10.2. The molecule has 0 atom stereocenters. The van der Waals surface area contributed by atoms with E-state index in [0.29, 0.717) is 19.4 Å². The van der Waals surface area contributed by atoms with Crippen LogP contribution in [0.1, 0.15) is 30.4 Å². The fourth-order valence-electron chi connectivity index (χ4n) is 3.88. The van der Waals surface area contributed by atoms with Gasteiger partial charge in [0.15, 0.2) is 0 Å². The van der Waals surface area contributed by atoms with Crippen LogP contribution in [0.15, 0.2) is 42.5 Å². The molecule has 0 aliphatic carbocycles. The summed E-state index contributed by atoms with van der Waals surface area (Å²) in [5.74, 6) is -0.574. The average Bonchev–Trinajstić information content (AvgIpc) is 2.79. The first-order valence-electron chi connectivity index (χ1n) is 10.6. The van der Waals surface area contributed by atoms with E-state index < -0.39 is 21.6 Å². The second-order valence-electron chi connectivity index (χ2n) is 7.84. The fourth-order valence-corrected chi connectivity index (χ4v) is 5.80. The number of amides is 1. The van der Waals surface area contributed by atoms with Crippen LogP contribution in [0, 0.1) is 11.7 Å². The van der Waals surface area contributed by atoms with E-state index in [1.54, 1.807) is 7.11 Å². The minimum Gasteiger partial charge on any atom is -0.496 e. The molecule has 1 saturated heterocycles. The number of piperidine rings is 1. The van der Waals surface area contributed by atoms with Gasteiger partial charge in [-0.15, -0.1) is 0 Å². The Morgan fingerprint density at radius 1 is 1.19 bits per heavy atom. The molecule has 9 heteroatoms. The number of rotatable bonds is 9. The molecular weight excluding hydrogens is 455 g/mol. The van der Waals surface area contributed by atoms with Gasteiger partial charge in [0.25, 0.3) is 0 Å². The van der Waals surface area contributed by atoms with Gasteiger partial charge in [-0.1, -0.05) is 35.9 Å². The average molecular weight is 483 g/mol. The van der Waals surface area contributed by atoms with E-state index in [-0.39, 0.29) is 35.5 Å². The molecule has 32 heavy (non-hydrogen) atoms. The lowest BCUT2D eigenvalue weighted by Gasteiger charge is -2.30. The smallest absolute Gasteiger partial charge is 0.223 e. The van der Waals surface area contributed by atoms with Crippen LogP contribution in [0.4, 0.5) is 4.39 Å². The molecule has 0 unspecified atom stereocenters. The molecule has 3 rings (SSSR count). The first-order valence-corrected chi connectivity index (χ1v) is 12.6. The van der Waals surface area contributed by atoms with Gasteiger partial charge in [0.05, 0.1) is 12.9 Å². The first-order chi connectivity index (χ1) is 15.3. The number of nitrogens with one attached hydrogen (secondary N) is 1. The lowest BCUT2D eigenvalue weighted by atomic mass is 9.97. The van der Waals surface area contributed by atoms with E-state index in [2.05, 4.69) is 5.32 Å². The Balaban J connectivity index is 1.45. The maximum Gasteiger partial charge on any atom is 0.223 e. The molecule has 174 valence electrons. The van der Waals surface area contributed by atoms with Crippen LogP contribution in [-0.4, -0.2) is 45.4 Å². The van der Waals surface area contributed by atoms with Crippen molar-refractivity contribution in [3.63, 3.8) is 0 Å². The molecule has 0 aromatic heterocycles. The summed E-state index contributed by atoms with van der Waals surface area (Å²) < 4.78 is 46.1. The highest BCUT2D eigenvalue weighted by atomic mass is 35.5. The van der Waals surface area contributed by atoms with Crippen molar-refractivity contribution in [1.82, 2.24) is 9.62 Å². The summed E-state index contributed by atoms with van der Waals surface area (Å²) in [6.07, 6.45) is 2.44. The molecule has 1 N–H and O–H groups in total. The van der Waals surface area contributed by atoms with E-state index in [9.17, 15) is 17.6 Å². The Morgan fingerprint density at radius 2 is 1.91 bits per heavy atom. The number of hydrogen-bond donors (Lipinski definition) is 1. The molecule has 0 saturated carbocycles. The summed E-state index contributed by atoms with van der Waals surface area (Å²) in [6.45, 7) is 1.00. The van der Waals surface area contributed by atoms with Crippen LogP contribution >= 0.6 is 11.6 Å². The number of sulfonamides is 1. The zero-order chi connectivity index (χ0) is 23.1. The van der Waals surface area contributed by atoms with Crippen molar-refractivity contribution >= 4 is 27.5 Å². The van der Waals surface area contributed by atoms with Crippen molar-refractivity contribution in [3.8, 4) is 5.75 Å². The molecule has 2 aromatic carbocycles. The molecule has 2 aromatic rings. The molecular formula is C23H28ClFN2O4S. The number of aryl methyl sites for hydroxylation is 1. The van der Waals surface area contributed by atoms with Gasteiger partial charge >= 0.3 is 0 Å². The third-order valence-corrected chi connectivity index (χ3v) is 7.88. The van der Waals surface area contributed by atoms with Crippen molar-refractivity contribution in [1.29, 1.82) is 0 Å². The number of methoxy groups -OCH3 is 1. The molecule has 1 aliphatic rings. The fraction of sp³-hybridized carbons (Fsp3) is 0.435. The Labute approximate surface area is 193 Å². The predicted octanol–water partition coefficient (Wildman–Crippen LogP) is 3.78. The summed E-state index contributed by atoms with van der Waals surface area (Å²) in [4.78, 5) is 12.5. The molecule has 1 aliphatic heterocycles. The van der Waals surface area contributed by atoms with Gasteiger partial charge in [-0.3, -0.25) is 4.79 Å². The van der Waals surface area contributed by atoms with Crippen LogP contribution in [-0.2, 0) is 27.0 Å². The SMILES string of the molecule is COc1ccccc1CCCNC(=O)C1CCN(S(=O)(=O)Cc2c(F)cccc2Cl)CC1. The third-order valence-electron chi connectivity index (χ3n) is 5.72. The molecule has 6 nitrogen and oxygen atoms in total. The number of benzene rings is 2. The Morgan fingerprint density at radius 3 is 2.59 bits per heavy atom. The number of hydrogen-bond acceptors (Lipinski definition) is 4. The monoisotopic (exact) mass is 482 g/mol. The summed E-state index contributed by atoms with van der Waals surface area (Å²) >= 11 is 5.97. The van der Waals surface area contributed by atoms with Gasteiger partial charge in [0.1, 0.15) is 11.6 Å². The molecule has 1 fully saturated rings. The lowest BCUT2D eigenvalue weighted by molar-refractivity contribution is -0.126.